The Balaban J connectivity index is 1.15. The summed E-state index contributed by atoms with van der Waals surface area (Å²) < 4.78 is 8.21. The standard InChI is InChI=1S/C30H29N3O3/c1-30(2)12-21(18-5-4-6-24-28(18)32-15-33(24)3)19-9-16(7-8-23(19)30)14-36-25-11-17-10-20-26(22(17)13-31-25)27(20)29(34)35/h4-9,11,13,15,20-21,26-27H,10,12,14H2,1-3H3,(H,34,35)/t20-,21?,26-,27+/m1/s1. The Kier molecular flexibility index (Phi) is 4.45. The number of benzene rings is 2. The smallest absolute Gasteiger partial charge is 0.307 e. The summed E-state index contributed by atoms with van der Waals surface area (Å²) in [6, 6.07) is 15.2. The SMILES string of the molecule is Cn1cnc2c(C3CC(C)(C)c4ccc(COc5cc6c(cn5)[C@H]5[C@@H](C6)[C@@H]5C(=O)O)cc43)cccc21. The summed E-state index contributed by atoms with van der Waals surface area (Å²) >= 11 is 0. The number of ether oxygens (including phenoxy) is 1. The van der Waals surface area contributed by atoms with Gasteiger partial charge in [-0.3, -0.25) is 4.79 Å². The second-order valence-corrected chi connectivity index (χ2v) is 11.4. The molecule has 6 heteroatoms. The number of imidazole rings is 1. The van der Waals surface area contributed by atoms with E-state index in [4.69, 9.17) is 9.72 Å². The summed E-state index contributed by atoms with van der Waals surface area (Å²) in [5, 5.41) is 9.34. The van der Waals surface area contributed by atoms with Crippen LogP contribution in [0.5, 0.6) is 5.88 Å². The zero-order valence-corrected chi connectivity index (χ0v) is 20.7. The summed E-state index contributed by atoms with van der Waals surface area (Å²) in [7, 11) is 2.04. The van der Waals surface area contributed by atoms with E-state index in [2.05, 4.69) is 59.8 Å². The van der Waals surface area contributed by atoms with Crippen LogP contribution in [0.4, 0.5) is 0 Å². The van der Waals surface area contributed by atoms with E-state index in [9.17, 15) is 9.90 Å². The number of carbonyl (C=O) groups is 1. The highest BCUT2D eigenvalue weighted by molar-refractivity contribution is 5.80. The first-order valence-corrected chi connectivity index (χ1v) is 12.7. The minimum absolute atomic E-state index is 0.0898. The van der Waals surface area contributed by atoms with Crippen molar-refractivity contribution in [2.45, 2.75) is 50.5 Å². The van der Waals surface area contributed by atoms with E-state index in [0.717, 1.165) is 35.0 Å². The molecule has 0 saturated heterocycles. The molecule has 2 aromatic carbocycles. The van der Waals surface area contributed by atoms with Crippen LogP contribution < -0.4 is 4.74 Å². The van der Waals surface area contributed by atoms with Crippen molar-refractivity contribution in [1.82, 2.24) is 14.5 Å². The number of pyridine rings is 1. The molecular formula is C30H29N3O3. The van der Waals surface area contributed by atoms with Crippen molar-refractivity contribution < 1.29 is 14.6 Å². The fraction of sp³-hybridized carbons (Fsp3) is 0.367. The number of nitrogens with zero attached hydrogens (tertiary/aromatic N) is 3. The molecular weight excluding hydrogens is 450 g/mol. The number of hydrogen-bond donors (Lipinski definition) is 1. The van der Waals surface area contributed by atoms with Gasteiger partial charge in [0.25, 0.3) is 0 Å². The van der Waals surface area contributed by atoms with Gasteiger partial charge in [0.1, 0.15) is 6.61 Å². The first kappa shape index (κ1) is 21.6. The Bertz CT molecular complexity index is 1550. The summed E-state index contributed by atoms with van der Waals surface area (Å²) in [6.07, 6.45) is 5.58. The zero-order valence-electron chi connectivity index (χ0n) is 20.7. The van der Waals surface area contributed by atoms with Gasteiger partial charge in [0.15, 0.2) is 0 Å². The number of hydrogen-bond acceptors (Lipinski definition) is 4. The molecule has 2 aromatic heterocycles. The maximum Gasteiger partial charge on any atom is 0.307 e. The van der Waals surface area contributed by atoms with E-state index in [1.165, 1.54) is 22.3 Å². The van der Waals surface area contributed by atoms with Crippen molar-refractivity contribution in [3.63, 3.8) is 0 Å². The second-order valence-electron chi connectivity index (χ2n) is 11.4. The lowest BCUT2D eigenvalue weighted by Gasteiger charge is -2.19. The van der Waals surface area contributed by atoms with Crippen LogP contribution in [0.1, 0.15) is 65.5 Å². The molecule has 1 fully saturated rings. The first-order chi connectivity index (χ1) is 17.3. The van der Waals surface area contributed by atoms with Gasteiger partial charge in [0.2, 0.25) is 5.88 Å². The van der Waals surface area contributed by atoms with Crippen molar-refractivity contribution in [3.05, 3.63) is 88.4 Å². The average molecular weight is 480 g/mol. The van der Waals surface area contributed by atoms with Gasteiger partial charge in [0.05, 0.1) is 23.3 Å². The lowest BCUT2D eigenvalue weighted by Crippen LogP contribution is -2.12. The third-order valence-electron chi connectivity index (χ3n) is 8.75. The van der Waals surface area contributed by atoms with Crippen LogP contribution in [0, 0.1) is 11.8 Å². The van der Waals surface area contributed by atoms with E-state index in [1.807, 2.05) is 25.6 Å². The molecule has 3 aliphatic carbocycles. The van der Waals surface area contributed by atoms with Crippen LogP contribution >= 0.6 is 0 Å². The van der Waals surface area contributed by atoms with E-state index in [-0.39, 0.29) is 23.2 Å². The van der Waals surface area contributed by atoms with Gasteiger partial charge in [-0.1, -0.05) is 44.2 Å². The Morgan fingerprint density at radius 2 is 2.00 bits per heavy atom. The Labute approximate surface area is 210 Å². The summed E-state index contributed by atoms with van der Waals surface area (Å²) in [6.45, 7) is 5.10. The largest absolute Gasteiger partial charge is 0.481 e. The highest BCUT2D eigenvalue weighted by Gasteiger charge is 2.60. The van der Waals surface area contributed by atoms with E-state index in [0.29, 0.717) is 18.4 Å². The summed E-state index contributed by atoms with van der Waals surface area (Å²) in [4.78, 5) is 20.6. The first-order valence-electron chi connectivity index (χ1n) is 12.7. The molecule has 0 spiro atoms. The van der Waals surface area contributed by atoms with Crippen LogP contribution in [0.25, 0.3) is 11.0 Å². The van der Waals surface area contributed by atoms with E-state index < -0.39 is 5.97 Å². The molecule has 2 heterocycles. The van der Waals surface area contributed by atoms with Gasteiger partial charge in [0, 0.05) is 31.1 Å². The third-order valence-corrected chi connectivity index (χ3v) is 8.75. The normalized spacial score (nSPS) is 24.9. The molecule has 182 valence electrons. The maximum absolute atomic E-state index is 11.4. The molecule has 1 unspecified atom stereocenters. The molecule has 0 aliphatic heterocycles. The Hall–Kier alpha value is -3.67. The predicted molar refractivity (Wildman–Crippen MR) is 136 cm³/mol. The fourth-order valence-corrected chi connectivity index (χ4v) is 6.92. The highest BCUT2D eigenvalue weighted by atomic mass is 16.5. The Morgan fingerprint density at radius 3 is 2.83 bits per heavy atom. The quantitative estimate of drug-likeness (QED) is 0.419. The molecule has 36 heavy (non-hydrogen) atoms. The third kappa shape index (κ3) is 3.13. The monoisotopic (exact) mass is 479 g/mol. The van der Waals surface area contributed by atoms with Crippen molar-refractivity contribution in [1.29, 1.82) is 0 Å². The molecule has 1 N–H and O–H groups in total. The zero-order chi connectivity index (χ0) is 24.8. The fourth-order valence-electron chi connectivity index (χ4n) is 6.92. The summed E-state index contributed by atoms with van der Waals surface area (Å²) in [5.41, 5.74) is 9.78. The van der Waals surface area contributed by atoms with Gasteiger partial charge in [-0.2, -0.15) is 0 Å². The van der Waals surface area contributed by atoms with Crippen molar-refractivity contribution in [2.75, 3.05) is 0 Å². The van der Waals surface area contributed by atoms with Crippen LogP contribution in [0.3, 0.4) is 0 Å². The maximum atomic E-state index is 11.4. The Morgan fingerprint density at radius 1 is 1.14 bits per heavy atom. The topological polar surface area (TPSA) is 77.2 Å². The molecule has 1 saturated carbocycles. The molecule has 3 aliphatic rings. The minimum atomic E-state index is -0.687. The van der Waals surface area contributed by atoms with Crippen LogP contribution in [-0.2, 0) is 30.3 Å². The van der Waals surface area contributed by atoms with Crippen molar-refractivity contribution in [3.8, 4) is 5.88 Å². The number of rotatable bonds is 5. The lowest BCUT2D eigenvalue weighted by molar-refractivity contribution is -0.139. The predicted octanol–water partition coefficient (Wildman–Crippen LogP) is 5.33. The average Bonchev–Trinajstić information content (AvgIpc) is 3.11. The van der Waals surface area contributed by atoms with Crippen molar-refractivity contribution in [2.24, 2.45) is 18.9 Å². The molecule has 0 radical (unpaired) electrons. The van der Waals surface area contributed by atoms with Gasteiger partial charge in [-0.05, 0) is 63.6 Å². The number of aromatic nitrogens is 3. The van der Waals surface area contributed by atoms with E-state index in [1.54, 1.807) is 0 Å². The van der Waals surface area contributed by atoms with Gasteiger partial charge >= 0.3 is 5.97 Å². The molecule has 0 amide bonds. The van der Waals surface area contributed by atoms with Crippen LogP contribution in [0.2, 0.25) is 0 Å². The van der Waals surface area contributed by atoms with Gasteiger partial charge < -0.3 is 14.4 Å². The van der Waals surface area contributed by atoms with Gasteiger partial charge in [-0.15, -0.1) is 0 Å². The number of para-hydroxylation sites is 1. The highest BCUT2D eigenvalue weighted by Crippen LogP contribution is 2.61. The molecule has 4 atom stereocenters. The molecule has 0 bridgehead atoms. The molecule has 6 nitrogen and oxygen atoms in total. The number of aryl methyl sites for hydroxylation is 1. The molecule has 7 rings (SSSR count). The van der Waals surface area contributed by atoms with Crippen molar-refractivity contribution >= 4 is 17.0 Å². The minimum Gasteiger partial charge on any atom is -0.481 e. The number of fused-ring (bicyclic) bond motifs is 5. The number of carboxylic acid groups (broad SMARTS) is 1. The number of carboxylic acids is 1. The van der Waals surface area contributed by atoms with Crippen LogP contribution in [-0.4, -0.2) is 25.6 Å². The molecule has 4 aromatic rings. The van der Waals surface area contributed by atoms with Gasteiger partial charge in [-0.25, -0.2) is 9.97 Å². The second kappa shape index (κ2) is 7.42. The number of aliphatic carboxylic acids is 1. The lowest BCUT2D eigenvalue weighted by atomic mass is 9.85. The van der Waals surface area contributed by atoms with Crippen LogP contribution in [0.15, 0.2) is 55.0 Å². The summed E-state index contributed by atoms with van der Waals surface area (Å²) in [5.74, 6) is 0.354. The van der Waals surface area contributed by atoms with E-state index >= 15 is 0 Å².